The molecule has 0 radical (unpaired) electrons. The summed E-state index contributed by atoms with van der Waals surface area (Å²) in [6, 6.07) is 62.1. The van der Waals surface area contributed by atoms with Crippen LogP contribution in [0.15, 0.2) is 186 Å². The lowest BCUT2D eigenvalue weighted by atomic mass is 10.0. The minimum atomic E-state index is 0.587. The fourth-order valence-electron chi connectivity index (χ4n) is 8.44. The molecule has 0 saturated heterocycles. The van der Waals surface area contributed by atoms with Crippen molar-refractivity contribution in [3.05, 3.63) is 193 Å². The van der Waals surface area contributed by atoms with Crippen molar-refractivity contribution >= 4 is 71.1 Å². The zero-order valence-corrected chi connectivity index (χ0v) is 31.9. The van der Waals surface area contributed by atoms with E-state index in [9.17, 15) is 0 Å². The molecule has 0 aliphatic rings. The van der Waals surface area contributed by atoms with Crippen molar-refractivity contribution < 1.29 is 4.42 Å². The van der Waals surface area contributed by atoms with E-state index < -0.39 is 0 Å². The lowest BCUT2D eigenvalue weighted by molar-refractivity contribution is 0.668. The molecule has 4 heterocycles. The van der Waals surface area contributed by atoms with Gasteiger partial charge >= 0.3 is 0 Å². The molecule has 12 rings (SSSR count). The lowest BCUT2D eigenvalue weighted by Gasteiger charge is -2.10. The predicted molar refractivity (Wildman–Crippen MR) is 242 cm³/mol. The molecule has 8 aromatic carbocycles. The second-order valence-electron chi connectivity index (χ2n) is 15.0. The highest BCUT2D eigenvalue weighted by Crippen LogP contribution is 2.38. The van der Waals surface area contributed by atoms with Crippen molar-refractivity contribution in [1.29, 1.82) is 0 Å². The summed E-state index contributed by atoms with van der Waals surface area (Å²) >= 11 is 0. The maximum atomic E-state index is 7.78. The molecule has 60 heavy (non-hydrogen) atoms. The Bertz CT molecular complexity index is 3650. The van der Waals surface area contributed by atoms with Gasteiger partial charge in [0.2, 0.25) is 0 Å². The average molecular weight is 767 g/mol. The van der Waals surface area contributed by atoms with E-state index in [0.717, 1.165) is 99.1 Å². The van der Waals surface area contributed by atoms with Crippen LogP contribution in [0.3, 0.4) is 0 Å². The Morgan fingerprint density at radius 1 is 0.400 bits per heavy atom. The number of hydrogen-bond donors (Lipinski definition) is 0. The quantitative estimate of drug-likeness (QED) is 0.163. The van der Waals surface area contributed by atoms with Crippen LogP contribution in [-0.4, -0.2) is 24.5 Å². The van der Waals surface area contributed by atoms with E-state index in [4.69, 9.17) is 30.9 Å². The first-order valence-electron chi connectivity index (χ1n) is 19.7. The molecule has 0 N–H and O–H groups in total. The number of pyridine rings is 1. The van der Waals surface area contributed by atoms with Gasteiger partial charge in [0.05, 0.1) is 17.6 Å². The second-order valence-corrected chi connectivity index (χ2v) is 15.0. The number of benzene rings is 8. The summed E-state index contributed by atoms with van der Waals surface area (Å²) in [5.41, 5.74) is 9.78. The molecular weight excluding hydrogens is 737 g/mol. The first kappa shape index (κ1) is 33.6. The zero-order chi connectivity index (χ0) is 39.7. The molecule has 7 heteroatoms. The SMILES string of the molecule is [C-]#[N+]c1ccc2c(c1)c1cc(-c3ccc(-c4nc(-c5ccc6ccccc6c5)nc(-c5ccc6ccccc6c5)n4)cc3)ccc1n2-c1ccc2oc3ccccc3c2n1. The van der Waals surface area contributed by atoms with Gasteiger partial charge < -0.3 is 4.42 Å². The van der Waals surface area contributed by atoms with Gasteiger partial charge in [-0.05, 0) is 98.7 Å². The zero-order valence-electron chi connectivity index (χ0n) is 31.9. The van der Waals surface area contributed by atoms with Crippen LogP contribution in [0.5, 0.6) is 0 Å². The van der Waals surface area contributed by atoms with Gasteiger partial charge in [-0.1, -0.05) is 121 Å². The predicted octanol–water partition coefficient (Wildman–Crippen LogP) is 13.8. The van der Waals surface area contributed by atoms with Crippen LogP contribution in [0.25, 0.3) is 121 Å². The summed E-state index contributed by atoms with van der Waals surface area (Å²) < 4.78 is 8.27. The first-order valence-corrected chi connectivity index (χ1v) is 19.7. The van der Waals surface area contributed by atoms with Gasteiger partial charge in [0.1, 0.15) is 16.9 Å². The molecule has 0 amide bonds. The Hall–Kier alpha value is -8.47. The number of nitrogens with zero attached hydrogens (tertiary/aromatic N) is 6. The lowest BCUT2D eigenvalue weighted by Crippen LogP contribution is -2.00. The molecular formula is C53H30N6O. The number of hydrogen-bond acceptors (Lipinski definition) is 5. The average Bonchev–Trinajstić information content (AvgIpc) is 3.85. The topological polar surface area (TPSA) is 74.0 Å². The summed E-state index contributed by atoms with van der Waals surface area (Å²) in [6.45, 7) is 7.78. The summed E-state index contributed by atoms with van der Waals surface area (Å²) in [5, 5.41) is 7.58. The monoisotopic (exact) mass is 766 g/mol. The van der Waals surface area contributed by atoms with Gasteiger partial charge in [0.25, 0.3) is 0 Å². The van der Waals surface area contributed by atoms with E-state index in [1.807, 2.05) is 66.7 Å². The maximum absolute atomic E-state index is 7.78. The third-order valence-electron chi connectivity index (χ3n) is 11.4. The van der Waals surface area contributed by atoms with Crippen LogP contribution in [0.4, 0.5) is 5.69 Å². The smallest absolute Gasteiger partial charge is 0.188 e. The number of fused-ring (bicyclic) bond motifs is 8. The third kappa shape index (κ3) is 5.51. The molecule has 0 atom stereocenters. The van der Waals surface area contributed by atoms with Crippen molar-refractivity contribution in [1.82, 2.24) is 24.5 Å². The van der Waals surface area contributed by atoms with Gasteiger partial charge in [0, 0.05) is 27.5 Å². The molecule has 12 aromatic rings. The van der Waals surface area contributed by atoms with E-state index in [0.29, 0.717) is 23.2 Å². The third-order valence-corrected chi connectivity index (χ3v) is 11.4. The summed E-state index contributed by atoms with van der Waals surface area (Å²) in [5.74, 6) is 2.62. The fourth-order valence-corrected chi connectivity index (χ4v) is 8.44. The molecule has 0 unspecified atom stereocenters. The highest BCUT2D eigenvalue weighted by atomic mass is 16.3. The Labute approximate surface area is 343 Å². The molecule has 0 aliphatic heterocycles. The minimum Gasteiger partial charge on any atom is -0.454 e. The Morgan fingerprint density at radius 3 is 1.63 bits per heavy atom. The van der Waals surface area contributed by atoms with Crippen molar-refractivity contribution in [2.75, 3.05) is 0 Å². The Balaban J connectivity index is 0.965. The van der Waals surface area contributed by atoms with Crippen LogP contribution in [0.1, 0.15) is 0 Å². The molecule has 4 aromatic heterocycles. The van der Waals surface area contributed by atoms with Crippen molar-refractivity contribution in [3.63, 3.8) is 0 Å². The van der Waals surface area contributed by atoms with Crippen molar-refractivity contribution in [2.45, 2.75) is 0 Å². The van der Waals surface area contributed by atoms with E-state index in [1.165, 1.54) is 0 Å². The standard InChI is InChI=1S/C53H30N6O/c1-54-41-23-25-46-44(31-41)43-30-38(22-24-45(43)59(46)49-27-26-48-50(55-49)42-12-6-7-13-47(42)60-48)34-14-18-35(19-15-34)51-56-52(39-20-16-32-8-2-4-10-36(32)28-39)58-53(57-51)40-21-17-33-9-3-5-11-37(33)29-40/h2-31H. The molecule has 0 aliphatic carbocycles. The van der Waals surface area contributed by atoms with Gasteiger partial charge in [-0.3, -0.25) is 4.57 Å². The number of para-hydroxylation sites is 1. The number of aromatic nitrogens is 5. The molecule has 278 valence electrons. The van der Waals surface area contributed by atoms with Crippen LogP contribution >= 0.6 is 0 Å². The normalized spacial score (nSPS) is 11.7. The van der Waals surface area contributed by atoms with Gasteiger partial charge in [0.15, 0.2) is 28.7 Å². The van der Waals surface area contributed by atoms with Crippen molar-refractivity contribution in [2.24, 2.45) is 0 Å². The molecule has 0 saturated carbocycles. The van der Waals surface area contributed by atoms with Gasteiger partial charge in [-0.15, -0.1) is 0 Å². The van der Waals surface area contributed by atoms with E-state index >= 15 is 0 Å². The van der Waals surface area contributed by atoms with E-state index in [2.05, 4.69) is 125 Å². The Morgan fingerprint density at radius 2 is 0.950 bits per heavy atom. The van der Waals surface area contributed by atoms with Crippen LogP contribution in [0.2, 0.25) is 0 Å². The molecule has 0 bridgehead atoms. The van der Waals surface area contributed by atoms with Crippen LogP contribution in [-0.2, 0) is 0 Å². The van der Waals surface area contributed by atoms with Crippen LogP contribution in [0, 0.1) is 6.57 Å². The highest BCUT2D eigenvalue weighted by Gasteiger charge is 2.18. The molecule has 7 nitrogen and oxygen atoms in total. The highest BCUT2D eigenvalue weighted by molar-refractivity contribution is 6.12. The Kier molecular flexibility index (Phi) is 7.46. The van der Waals surface area contributed by atoms with Crippen LogP contribution < -0.4 is 0 Å². The maximum Gasteiger partial charge on any atom is 0.188 e. The number of furan rings is 1. The van der Waals surface area contributed by atoms with E-state index in [1.54, 1.807) is 0 Å². The van der Waals surface area contributed by atoms with Gasteiger partial charge in [-0.2, -0.15) is 0 Å². The minimum absolute atomic E-state index is 0.587. The second kappa shape index (κ2) is 13.3. The van der Waals surface area contributed by atoms with E-state index in [-0.39, 0.29) is 0 Å². The molecule has 0 spiro atoms. The first-order chi connectivity index (χ1) is 29.6. The van der Waals surface area contributed by atoms with Crippen molar-refractivity contribution in [3.8, 4) is 51.1 Å². The summed E-state index contributed by atoms with van der Waals surface area (Å²) in [7, 11) is 0. The van der Waals surface area contributed by atoms with Gasteiger partial charge in [-0.25, -0.2) is 24.8 Å². The molecule has 0 fully saturated rings. The summed E-state index contributed by atoms with van der Waals surface area (Å²) in [4.78, 5) is 24.1. The largest absolute Gasteiger partial charge is 0.454 e. The fraction of sp³-hybridized carbons (Fsp3) is 0. The number of rotatable bonds is 5. The summed E-state index contributed by atoms with van der Waals surface area (Å²) in [6.07, 6.45) is 0.